The molecule has 0 saturated carbocycles. The number of hydrogen-bond acceptors (Lipinski definition) is 3. The van der Waals surface area contributed by atoms with E-state index in [-0.39, 0.29) is 11.3 Å². The number of rotatable bonds is 6. The molecule has 4 nitrogen and oxygen atoms in total. The standard InChI is InChI=1S/C18H16F7N3O/c1-10-7-14(9-26-27-18(24,25)16(19,20)17(21,22)23)11(2)28(10)15-6-4-5-13(8-15)12(3)29/h4-9,27H,1-3H3/b26-9+. The first-order chi connectivity index (χ1) is 13.2. The second-order valence-electron chi connectivity index (χ2n) is 6.28. The van der Waals surface area contributed by atoms with E-state index in [1.54, 1.807) is 42.7 Å². The van der Waals surface area contributed by atoms with Gasteiger partial charge in [0.15, 0.2) is 5.78 Å². The summed E-state index contributed by atoms with van der Waals surface area (Å²) in [5, 5.41) is 2.88. The first-order valence-corrected chi connectivity index (χ1v) is 8.12. The number of nitrogens with one attached hydrogen (secondary N) is 1. The average Bonchev–Trinajstić information content (AvgIpc) is 2.87. The Morgan fingerprint density at radius 1 is 1.07 bits per heavy atom. The van der Waals surface area contributed by atoms with Crippen molar-refractivity contribution in [2.24, 2.45) is 5.10 Å². The number of Topliss-reactive ketones (excluding diaryl/α,β-unsaturated/α-hetero) is 1. The normalized spacial score (nSPS) is 13.2. The lowest BCUT2D eigenvalue weighted by Gasteiger charge is -2.27. The quantitative estimate of drug-likeness (QED) is 0.233. The number of aryl methyl sites for hydroxylation is 1. The van der Waals surface area contributed by atoms with Crippen LogP contribution in [0.5, 0.6) is 0 Å². The molecule has 0 aliphatic rings. The molecule has 1 N–H and O–H groups in total. The lowest BCUT2D eigenvalue weighted by Crippen LogP contribution is -2.58. The lowest BCUT2D eigenvalue weighted by atomic mass is 10.1. The topological polar surface area (TPSA) is 46.4 Å². The van der Waals surface area contributed by atoms with E-state index in [0.29, 0.717) is 34.3 Å². The van der Waals surface area contributed by atoms with Crippen LogP contribution in [0.2, 0.25) is 0 Å². The maximum Gasteiger partial charge on any atom is 0.462 e. The molecular weight excluding hydrogens is 407 g/mol. The fraction of sp³-hybridized carbons (Fsp3) is 0.333. The largest absolute Gasteiger partial charge is 0.462 e. The van der Waals surface area contributed by atoms with Gasteiger partial charge in [0.05, 0.1) is 6.21 Å². The molecule has 0 aliphatic heterocycles. The van der Waals surface area contributed by atoms with Crippen molar-refractivity contribution in [2.75, 3.05) is 0 Å². The van der Waals surface area contributed by atoms with Crippen LogP contribution < -0.4 is 5.43 Å². The number of carbonyl (C=O) groups is 1. The Morgan fingerprint density at radius 2 is 1.69 bits per heavy atom. The van der Waals surface area contributed by atoms with Gasteiger partial charge in [0.2, 0.25) is 0 Å². The second-order valence-corrected chi connectivity index (χ2v) is 6.28. The van der Waals surface area contributed by atoms with Crippen molar-refractivity contribution in [3.8, 4) is 5.69 Å². The third-order valence-corrected chi connectivity index (χ3v) is 4.14. The molecule has 2 rings (SSSR count). The van der Waals surface area contributed by atoms with Gasteiger partial charge in [-0.25, -0.2) is 5.43 Å². The average molecular weight is 423 g/mol. The molecule has 1 heterocycles. The zero-order valence-electron chi connectivity index (χ0n) is 15.4. The highest BCUT2D eigenvalue weighted by atomic mass is 19.4. The monoisotopic (exact) mass is 423 g/mol. The van der Waals surface area contributed by atoms with E-state index >= 15 is 0 Å². The summed E-state index contributed by atoms with van der Waals surface area (Å²) in [6, 6.07) is 2.36. The Balaban J connectivity index is 2.32. The van der Waals surface area contributed by atoms with E-state index in [1.165, 1.54) is 13.0 Å². The lowest BCUT2D eigenvalue weighted by molar-refractivity contribution is -0.361. The van der Waals surface area contributed by atoms with Crippen LogP contribution in [0.15, 0.2) is 35.4 Å². The van der Waals surface area contributed by atoms with Crippen LogP contribution in [0, 0.1) is 13.8 Å². The smallest absolute Gasteiger partial charge is 0.318 e. The molecule has 0 amide bonds. The molecule has 0 radical (unpaired) electrons. The fourth-order valence-electron chi connectivity index (χ4n) is 2.61. The number of benzene rings is 1. The Hall–Kier alpha value is -2.85. The molecule has 1 aromatic heterocycles. The van der Waals surface area contributed by atoms with Crippen LogP contribution in [0.4, 0.5) is 30.7 Å². The van der Waals surface area contributed by atoms with E-state index in [0.717, 1.165) is 0 Å². The number of halogens is 7. The molecule has 11 heteroatoms. The van der Waals surface area contributed by atoms with Crippen molar-refractivity contribution >= 4 is 12.0 Å². The Morgan fingerprint density at radius 3 is 2.24 bits per heavy atom. The fourth-order valence-corrected chi connectivity index (χ4v) is 2.61. The molecule has 0 bridgehead atoms. The third kappa shape index (κ3) is 4.28. The summed E-state index contributed by atoms with van der Waals surface area (Å²) in [5.74, 6) is -6.48. The summed E-state index contributed by atoms with van der Waals surface area (Å²) >= 11 is 0. The zero-order valence-corrected chi connectivity index (χ0v) is 15.4. The third-order valence-electron chi connectivity index (χ3n) is 4.14. The Kier molecular flexibility index (Phi) is 5.82. The van der Waals surface area contributed by atoms with Gasteiger partial charge in [-0.1, -0.05) is 12.1 Å². The minimum atomic E-state index is -6.45. The summed E-state index contributed by atoms with van der Waals surface area (Å²) in [6.07, 6.45) is -5.73. The summed E-state index contributed by atoms with van der Waals surface area (Å²) in [7, 11) is 0. The van der Waals surface area contributed by atoms with Gasteiger partial charge in [-0.2, -0.15) is 35.8 Å². The van der Waals surface area contributed by atoms with Crippen LogP contribution in [0.3, 0.4) is 0 Å². The highest BCUT2D eigenvalue weighted by molar-refractivity contribution is 5.94. The van der Waals surface area contributed by atoms with Crippen molar-refractivity contribution in [2.45, 2.75) is 38.9 Å². The summed E-state index contributed by atoms with van der Waals surface area (Å²) in [6.45, 7) is 4.61. The van der Waals surface area contributed by atoms with Crippen molar-refractivity contribution in [3.05, 3.63) is 52.8 Å². The molecule has 2 aromatic rings. The van der Waals surface area contributed by atoms with Crippen LogP contribution >= 0.6 is 0 Å². The number of carbonyl (C=O) groups excluding carboxylic acids is 1. The van der Waals surface area contributed by atoms with Crippen LogP contribution in [0.25, 0.3) is 5.69 Å². The molecule has 1 aromatic carbocycles. The molecule has 0 aliphatic carbocycles. The number of hydrogen-bond donors (Lipinski definition) is 1. The van der Waals surface area contributed by atoms with E-state index in [9.17, 15) is 35.5 Å². The number of hydrazone groups is 1. The van der Waals surface area contributed by atoms with Gasteiger partial charge in [0.1, 0.15) is 0 Å². The SMILES string of the molecule is CC(=O)c1cccc(-n2c(C)cc(/C=N/NC(F)(F)C(F)(F)C(F)(F)F)c2C)c1. The second kappa shape index (κ2) is 7.53. The summed E-state index contributed by atoms with van der Waals surface area (Å²) in [4.78, 5) is 11.5. The van der Waals surface area contributed by atoms with Crippen LogP contribution in [-0.2, 0) is 0 Å². The summed E-state index contributed by atoms with van der Waals surface area (Å²) in [5.41, 5.74) is 2.84. The zero-order chi connectivity index (χ0) is 22.2. The first kappa shape index (κ1) is 22.4. The van der Waals surface area contributed by atoms with Gasteiger partial charge in [0.25, 0.3) is 0 Å². The molecule has 0 spiro atoms. The minimum absolute atomic E-state index is 0.173. The van der Waals surface area contributed by atoms with Gasteiger partial charge >= 0.3 is 18.1 Å². The highest BCUT2D eigenvalue weighted by Gasteiger charge is 2.73. The van der Waals surface area contributed by atoms with E-state index < -0.39 is 18.1 Å². The van der Waals surface area contributed by atoms with Crippen LogP contribution in [0.1, 0.15) is 34.2 Å². The minimum Gasteiger partial charge on any atom is -0.318 e. The molecule has 0 atom stereocenters. The van der Waals surface area contributed by atoms with Gasteiger partial charge in [-0.3, -0.25) is 4.79 Å². The molecule has 0 unspecified atom stereocenters. The van der Waals surface area contributed by atoms with Gasteiger partial charge in [-0.05, 0) is 39.0 Å². The number of aromatic nitrogens is 1. The predicted octanol–water partition coefficient (Wildman–Crippen LogP) is 5.01. The highest BCUT2D eigenvalue weighted by Crippen LogP contribution is 2.45. The molecule has 0 saturated heterocycles. The van der Waals surface area contributed by atoms with Crippen molar-refractivity contribution in [3.63, 3.8) is 0 Å². The molecule has 0 fully saturated rings. The molecule has 29 heavy (non-hydrogen) atoms. The predicted molar refractivity (Wildman–Crippen MR) is 91.9 cm³/mol. The van der Waals surface area contributed by atoms with E-state index in [2.05, 4.69) is 5.10 Å². The number of nitrogens with zero attached hydrogens (tertiary/aromatic N) is 2. The molecular formula is C18H16F7N3O. The Labute approximate surface area is 161 Å². The Bertz CT molecular complexity index is 945. The molecule has 158 valence electrons. The first-order valence-electron chi connectivity index (χ1n) is 8.12. The van der Waals surface area contributed by atoms with Crippen molar-refractivity contribution < 1.29 is 35.5 Å². The maximum atomic E-state index is 13.2. The summed E-state index contributed by atoms with van der Waals surface area (Å²) < 4.78 is 90.2. The van der Waals surface area contributed by atoms with Gasteiger partial charge in [0, 0.05) is 28.2 Å². The van der Waals surface area contributed by atoms with Crippen molar-refractivity contribution in [1.82, 2.24) is 9.99 Å². The maximum absolute atomic E-state index is 13.2. The van der Waals surface area contributed by atoms with Gasteiger partial charge < -0.3 is 4.57 Å². The van der Waals surface area contributed by atoms with Gasteiger partial charge in [-0.15, -0.1) is 0 Å². The number of alkyl halides is 7. The van der Waals surface area contributed by atoms with E-state index in [4.69, 9.17) is 0 Å². The van der Waals surface area contributed by atoms with Crippen molar-refractivity contribution in [1.29, 1.82) is 0 Å². The van der Waals surface area contributed by atoms with Crippen LogP contribution in [-0.4, -0.2) is 34.7 Å². The van der Waals surface area contributed by atoms with E-state index in [1.807, 2.05) is 0 Å². The number of ketones is 1.